The topological polar surface area (TPSA) is 530 Å². The number of carbonyl (C=O) groups excluding carboxylic acids is 8. The fourth-order valence-corrected chi connectivity index (χ4v) is 9.16. The van der Waals surface area contributed by atoms with Crippen LogP contribution in [0.3, 0.4) is 0 Å². The second-order valence-electron chi connectivity index (χ2n) is 21.0. The van der Waals surface area contributed by atoms with Crippen LogP contribution in [-0.4, -0.2) is 146 Å². The van der Waals surface area contributed by atoms with Gasteiger partial charge in [-0.2, -0.15) is 0 Å². The maximum absolute atomic E-state index is 14.9. The highest BCUT2D eigenvalue weighted by Gasteiger charge is 2.35. The van der Waals surface area contributed by atoms with Crippen LogP contribution in [0, 0.1) is 0 Å². The molecule has 0 spiro atoms. The van der Waals surface area contributed by atoms with E-state index in [1.807, 2.05) is 30.3 Å². The predicted molar refractivity (Wildman–Crippen MR) is 341 cm³/mol. The van der Waals surface area contributed by atoms with Gasteiger partial charge in [-0.3, -0.25) is 58.3 Å². The maximum atomic E-state index is 14.9. The highest BCUT2D eigenvalue weighted by atomic mass is 16.2. The molecule has 0 aliphatic rings. The number of amides is 8. The molecule has 89 heavy (non-hydrogen) atoms. The predicted octanol–water partition coefficient (Wildman–Crippen LogP) is -3.62. The highest BCUT2D eigenvalue weighted by molar-refractivity contribution is 5.98. The first-order chi connectivity index (χ1) is 42.6. The lowest BCUT2D eigenvalue weighted by Crippen LogP contribution is -2.61. The zero-order chi connectivity index (χ0) is 65.1. The highest BCUT2D eigenvalue weighted by Crippen LogP contribution is 2.13. The van der Waals surface area contributed by atoms with Gasteiger partial charge in [-0.15, -0.1) is 0 Å². The minimum atomic E-state index is -1.44. The molecular formula is C60H87N21O8. The molecule has 4 aromatic carbocycles. The summed E-state index contributed by atoms with van der Waals surface area (Å²) in [5.41, 5.74) is 59.2. The molecule has 4 rings (SSSR count). The van der Waals surface area contributed by atoms with E-state index in [4.69, 9.17) is 57.3 Å². The van der Waals surface area contributed by atoms with Crippen molar-refractivity contribution < 1.29 is 38.4 Å². The average molecular weight is 1230 g/mol. The van der Waals surface area contributed by atoms with Crippen LogP contribution in [0.5, 0.6) is 0 Å². The Morgan fingerprint density at radius 1 is 0.292 bits per heavy atom. The molecule has 0 bridgehead atoms. The van der Waals surface area contributed by atoms with Gasteiger partial charge in [0.1, 0.15) is 42.3 Å². The third kappa shape index (κ3) is 28.2. The summed E-state index contributed by atoms with van der Waals surface area (Å²) in [6.07, 6.45) is 0.487. The van der Waals surface area contributed by atoms with E-state index in [0.717, 1.165) is 5.56 Å². The number of carbonyl (C=O) groups is 8. The summed E-state index contributed by atoms with van der Waals surface area (Å²) >= 11 is 0. The molecule has 0 saturated heterocycles. The van der Waals surface area contributed by atoms with Gasteiger partial charge in [0.05, 0.1) is 6.04 Å². The van der Waals surface area contributed by atoms with Crippen molar-refractivity contribution in [1.82, 2.24) is 37.2 Å². The van der Waals surface area contributed by atoms with Crippen LogP contribution in [0.25, 0.3) is 0 Å². The molecule has 0 fully saturated rings. The molecule has 0 unspecified atom stereocenters. The summed E-state index contributed by atoms with van der Waals surface area (Å²) in [4.78, 5) is 130. The van der Waals surface area contributed by atoms with E-state index in [-0.39, 0.29) is 127 Å². The summed E-state index contributed by atoms with van der Waals surface area (Å²) in [6.45, 7) is 0.273. The minimum Gasteiger partial charge on any atom is -0.370 e. The fraction of sp³-hybridized carbons (Fsp3) is 0.400. The van der Waals surface area contributed by atoms with Crippen LogP contribution in [0.1, 0.15) is 73.6 Å². The van der Waals surface area contributed by atoms with Gasteiger partial charge in [0.15, 0.2) is 23.8 Å². The summed E-state index contributed by atoms with van der Waals surface area (Å²) in [7, 11) is 0. The number of benzene rings is 4. The maximum Gasteiger partial charge on any atom is 0.243 e. The summed E-state index contributed by atoms with van der Waals surface area (Å²) in [5.74, 6) is -7.16. The van der Waals surface area contributed by atoms with Crippen LogP contribution in [0.2, 0.25) is 0 Å². The molecule has 0 aliphatic heterocycles. The van der Waals surface area contributed by atoms with Gasteiger partial charge < -0.3 is 94.6 Å². The first-order valence-corrected chi connectivity index (χ1v) is 29.1. The molecule has 0 aliphatic carbocycles. The monoisotopic (exact) mass is 1230 g/mol. The van der Waals surface area contributed by atoms with Gasteiger partial charge in [0.2, 0.25) is 47.3 Å². The molecular weight excluding hydrogens is 1140 g/mol. The Balaban J connectivity index is 1.69. The first-order valence-electron chi connectivity index (χ1n) is 29.1. The number of nitrogens with two attached hydrogens (primary N) is 10. The van der Waals surface area contributed by atoms with Crippen molar-refractivity contribution in [2.45, 2.75) is 125 Å². The average Bonchev–Trinajstić information content (AvgIpc) is 3.70. The van der Waals surface area contributed by atoms with E-state index in [0.29, 0.717) is 16.7 Å². The van der Waals surface area contributed by atoms with E-state index in [9.17, 15) is 38.4 Å². The number of primary amides is 1. The number of hydrogen-bond donors (Lipinski definition) is 17. The molecule has 29 heteroatoms. The lowest BCUT2D eigenvalue weighted by Gasteiger charge is -2.28. The third-order valence-electron chi connectivity index (χ3n) is 13.7. The fourth-order valence-electron chi connectivity index (χ4n) is 9.16. The van der Waals surface area contributed by atoms with Crippen LogP contribution in [0.15, 0.2) is 141 Å². The Morgan fingerprint density at radius 2 is 0.506 bits per heavy atom. The van der Waals surface area contributed by atoms with Crippen LogP contribution < -0.4 is 94.6 Å². The molecule has 480 valence electrons. The molecule has 8 atom stereocenters. The molecule has 27 N–H and O–H groups in total. The van der Waals surface area contributed by atoms with Crippen molar-refractivity contribution in [3.05, 3.63) is 144 Å². The van der Waals surface area contributed by atoms with Crippen molar-refractivity contribution in [1.29, 1.82) is 0 Å². The molecule has 8 amide bonds. The number of nitrogens with one attached hydrogen (secondary N) is 7. The number of aliphatic imine (C=N–C) groups is 4. The van der Waals surface area contributed by atoms with E-state index < -0.39 is 95.6 Å². The number of guanidine groups is 4. The van der Waals surface area contributed by atoms with Gasteiger partial charge in [-0.1, -0.05) is 121 Å². The van der Waals surface area contributed by atoms with Crippen molar-refractivity contribution in [2.24, 2.45) is 77.3 Å². The standard InChI is InChI=1S/C60H87N21O8/c61-41(33-37-17-5-1-6-18-37)50(83)79-46(34-38-19-7-2-8-20-38)54(87)78-44(27-15-31-73-59(67)68)52(85)76-45(28-16-32-74-60(69)70)53(86)80-48(36-40-23-11-4-12-24-40)56(89)81-47(35-39-21-9-3-10-22-39)55(88)77-43(26-14-30-72-58(65)66)51(84)75-42(49(62)82)25-13-29-71-57(63)64/h1-12,17-24,41-48H,13-16,25-36,61H2,(H2,62,82)(H,75,84)(H,76,85)(H,77,88)(H,78,87)(H,79,83)(H,80,86)(H,81,89)(H4,63,64,71)(H4,65,66,72)(H4,67,68,73)(H4,69,70,74)/t41-,42-,43-,44-,45-,46-,47-,48-/m0/s1. The number of hydrogen-bond acceptors (Lipinski definition) is 13. The Kier molecular flexibility index (Phi) is 30.9. The molecule has 0 saturated carbocycles. The zero-order valence-electron chi connectivity index (χ0n) is 49.8. The van der Waals surface area contributed by atoms with Crippen molar-refractivity contribution in [3.8, 4) is 0 Å². The second-order valence-corrected chi connectivity index (χ2v) is 21.0. The number of rotatable bonds is 39. The van der Waals surface area contributed by atoms with Crippen LogP contribution >= 0.6 is 0 Å². The van der Waals surface area contributed by atoms with Gasteiger partial charge in [-0.05, 0) is 80.0 Å². The van der Waals surface area contributed by atoms with Gasteiger partial charge in [-0.25, -0.2) is 0 Å². The second kappa shape index (κ2) is 38.7. The normalized spacial score (nSPS) is 13.4. The van der Waals surface area contributed by atoms with E-state index in [1.54, 1.807) is 91.0 Å². The van der Waals surface area contributed by atoms with Crippen molar-refractivity contribution in [3.63, 3.8) is 0 Å². The van der Waals surface area contributed by atoms with Gasteiger partial charge in [0.25, 0.3) is 0 Å². The van der Waals surface area contributed by atoms with Crippen molar-refractivity contribution in [2.75, 3.05) is 26.2 Å². The smallest absolute Gasteiger partial charge is 0.243 e. The Morgan fingerprint density at radius 3 is 0.764 bits per heavy atom. The Labute approximate surface area is 517 Å². The van der Waals surface area contributed by atoms with E-state index in [1.165, 1.54) is 0 Å². The Bertz CT molecular complexity index is 3010. The quantitative estimate of drug-likeness (QED) is 0.0116. The molecule has 29 nitrogen and oxygen atoms in total. The van der Waals surface area contributed by atoms with Crippen LogP contribution in [0.4, 0.5) is 0 Å². The van der Waals surface area contributed by atoms with Crippen molar-refractivity contribution >= 4 is 71.1 Å². The SMILES string of the molecule is NC(=O)[C@H](CCCN=C(N)N)NC(=O)[C@H](CCCN=C(N)N)NC(=O)[C@H](Cc1ccccc1)NC(=O)[C@H](Cc1ccccc1)NC(=O)[C@H](CCCN=C(N)N)NC(=O)[C@H](CCCN=C(N)N)NC(=O)[C@H](Cc1ccccc1)NC(=O)[C@@H](N)Cc1ccccc1. The largest absolute Gasteiger partial charge is 0.370 e. The summed E-state index contributed by atoms with van der Waals surface area (Å²) in [6, 6.07) is 24.9. The minimum absolute atomic E-state index is 0.00496. The first kappa shape index (κ1) is 71.2. The lowest BCUT2D eigenvalue weighted by molar-refractivity contribution is -0.135. The summed E-state index contributed by atoms with van der Waals surface area (Å²) < 4.78 is 0. The molecule has 0 aromatic heterocycles. The van der Waals surface area contributed by atoms with Crippen LogP contribution in [-0.2, 0) is 64.0 Å². The third-order valence-corrected chi connectivity index (χ3v) is 13.7. The van der Waals surface area contributed by atoms with Gasteiger partial charge in [0, 0.05) is 45.4 Å². The Hall–Kier alpha value is -10.3. The van der Waals surface area contributed by atoms with Gasteiger partial charge >= 0.3 is 0 Å². The van der Waals surface area contributed by atoms with E-state index >= 15 is 0 Å². The lowest BCUT2D eigenvalue weighted by atomic mass is 10.0. The molecule has 4 aromatic rings. The molecule has 0 radical (unpaired) electrons. The number of nitrogens with zero attached hydrogens (tertiary/aromatic N) is 4. The molecule has 0 heterocycles. The summed E-state index contributed by atoms with van der Waals surface area (Å²) in [5, 5.41) is 19.2. The van der Waals surface area contributed by atoms with E-state index in [2.05, 4.69) is 57.2 Å². The zero-order valence-corrected chi connectivity index (χ0v) is 49.8.